The number of non-ortho nitro benzene ring substituents is 1. The minimum atomic E-state index is -0.980. The van der Waals surface area contributed by atoms with Crippen molar-refractivity contribution in [3.8, 4) is 0 Å². The van der Waals surface area contributed by atoms with Gasteiger partial charge in [0, 0.05) is 38.3 Å². The van der Waals surface area contributed by atoms with Crippen LogP contribution in [0.5, 0.6) is 0 Å². The van der Waals surface area contributed by atoms with Crippen molar-refractivity contribution in [1.29, 1.82) is 0 Å². The number of hydrogen-bond donors (Lipinski definition) is 1. The van der Waals surface area contributed by atoms with Crippen molar-refractivity contribution in [2.45, 2.75) is 19.3 Å². The van der Waals surface area contributed by atoms with E-state index in [4.69, 9.17) is 5.11 Å². The average Bonchev–Trinajstić information content (AvgIpc) is 2.54. The minimum Gasteiger partial charge on any atom is -0.465 e. The molecule has 0 spiro atoms. The SMILES string of the molecule is CC(C)(C(=O)N1CCN(C(=O)O)CC1)c1ccc([N+](=O)[O-])cc1. The molecule has 0 aromatic heterocycles. The number of piperazine rings is 1. The van der Waals surface area contributed by atoms with Gasteiger partial charge in [0.15, 0.2) is 0 Å². The van der Waals surface area contributed by atoms with Crippen molar-refractivity contribution < 1.29 is 19.6 Å². The molecule has 2 rings (SSSR count). The third kappa shape index (κ3) is 3.41. The van der Waals surface area contributed by atoms with Crippen molar-refractivity contribution >= 4 is 17.7 Å². The van der Waals surface area contributed by atoms with Crippen LogP contribution in [0, 0.1) is 10.1 Å². The van der Waals surface area contributed by atoms with Gasteiger partial charge in [-0.25, -0.2) is 4.79 Å². The quantitative estimate of drug-likeness (QED) is 0.674. The summed E-state index contributed by atoms with van der Waals surface area (Å²) < 4.78 is 0. The molecule has 8 heteroatoms. The van der Waals surface area contributed by atoms with Crippen molar-refractivity contribution in [2.24, 2.45) is 0 Å². The molecule has 2 amide bonds. The van der Waals surface area contributed by atoms with Crippen LogP contribution in [-0.2, 0) is 10.2 Å². The maximum absolute atomic E-state index is 12.7. The Morgan fingerprint density at radius 3 is 2.00 bits per heavy atom. The highest BCUT2D eigenvalue weighted by atomic mass is 16.6. The second kappa shape index (κ2) is 6.23. The number of benzene rings is 1. The van der Waals surface area contributed by atoms with E-state index in [2.05, 4.69) is 0 Å². The molecular formula is C15H19N3O5. The summed E-state index contributed by atoms with van der Waals surface area (Å²) in [4.78, 5) is 36.8. The number of hydrogen-bond acceptors (Lipinski definition) is 4. The Morgan fingerprint density at radius 2 is 1.57 bits per heavy atom. The Hall–Kier alpha value is -2.64. The Morgan fingerprint density at radius 1 is 1.09 bits per heavy atom. The van der Waals surface area contributed by atoms with Crippen LogP contribution >= 0.6 is 0 Å². The maximum Gasteiger partial charge on any atom is 0.407 e. The standard InChI is InChI=1S/C15H19N3O5/c1-15(2,11-3-5-12(6-4-11)18(22)23)13(19)16-7-9-17(10-8-16)14(20)21/h3-6H,7-10H2,1-2H3,(H,20,21). The summed E-state index contributed by atoms with van der Waals surface area (Å²) in [6.07, 6.45) is -0.980. The predicted octanol–water partition coefficient (Wildman–Crippen LogP) is 1.69. The molecule has 124 valence electrons. The summed E-state index contributed by atoms with van der Waals surface area (Å²) in [5.74, 6) is -0.114. The minimum absolute atomic E-state index is 0.0212. The van der Waals surface area contributed by atoms with Crippen LogP contribution < -0.4 is 0 Å². The number of nitro benzene ring substituents is 1. The van der Waals surface area contributed by atoms with Gasteiger partial charge in [-0.1, -0.05) is 12.1 Å². The van der Waals surface area contributed by atoms with Gasteiger partial charge in [0.25, 0.3) is 5.69 Å². The third-order valence-electron chi connectivity index (χ3n) is 4.17. The highest BCUT2D eigenvalue weighted by Crippen LogP contribution is 2.28. The fourth-order valence-electron chi connectivity index (χ4n) is 2.62. The van der Waals surface area contributed by atoms with E-state index < -0.39 is 16.4 Å². The zero-order valence-corrected chi connectivity index (χ0v) is 13.1. The molecule has 1 N–H and O–H groups in total. The van der Waals surface area contributed by atoms with E-state index in [0.29, 0.717) is 18.7 Å². The summed E-state index contributed by atoms with van der Waals surface area (Å²) in [7, 11) is 0. The van der Waals surface area contributed by atoms with Gasteiger partial charge in [0.05, 0.1) is 10.3 Å². The fraction of sp³-hybridized carbons (Fsp3) is 0.467. The second-order valence-electron chi connectivity index (χ2n) is 5.99. The molecule has 23 heavy (non-hydrogen) atoms. The summed E-state index contributed by atoms with van der Waals surface area (Å²) in [5, 5.41) is 19.6. The van der Waals surface area contributed by atoms with Crippen molar-refractivity contribution in [2.75, 3.05) is 26.2 Å². The molecule has 1 saturated heterocycles. The number of carboxylic acid groups (broad SMARTS) is 1. The van der Waals surface area contributed by atoms with Gasteiger partial charge in [0.2, 0.25) is 5.91 Å². The first kappa shape index (κ1) is 16.7. The van der Waals surface area contributed by atoms with Crippen LogP contribution in [0.25, 0.3) is 0 Å². The smallest absolute Gasteiger partial charge is 0.407 e. The predicted molar refractivity (Wildman–Crippen MR) is 82.3 cm³/mol. The molecule has 0 unspecified atom stereocenters. The van der Waals surface area contributed by atoms with Gasteiger partial charge in [-0.2, -0.15) is 0 Å². The number of carbonyl (C=O) groups excluding carboxylic acids is 1. The summed E-state index contributed by atoms with van der Waals surface area (Å²) >= 11 is 0. The zero-order valence-electron chi connectivity index (χ0n) is 13.1. The number of nitro groups is 1. The second-order valence-corrected chi connectivity index (χ2v) is 5.99. The van der Waals surface area contributed by atoms with E-state index in [0.717, 1.165) is 0 Å². The molecule has 1 aromatic rings. The van der Waals surface area contributed by atoms with Gasteiger partial charge in [-0.15, -0.1) is 0 Å². The Kier molecular flexibility index (Phi) is 4.53. The lowest BCUT2D eigenvalue weighted by atomic mass is 9.83. The molecule has 1 aliphatic rings. The van der Waals surface area contributed by atoms with Gasteiger partial charge < -0.3 is 14.9 Å². The number of carbonyl (C=O) groups is 2. The molecule has 1 fully saturated rings. The number of nitrogens with zero attached hydrogens (tertiary/aromatic N) is 3. The Labute approximate surface area is 133 Å². The van der Waals surface area contributed by atoms with Crippen LogP contribution in [0.3, 0.4) is 0 Å². The van der Waals surface area contributed by atoms with Gasteiger partial charge in [-0.05, 0) is 19.4 Å². The highest BCUT2D eigenvalue weighted by molar-refractivity contribution is 5.87. The van der Waals surface area contributed by atoms with Crippen LogP contribution in [0.15, 0.2) is 24.3 Å². The monoisotopic (exact) mass is 321 g/mol. The highest BCUT2D eigenvalue weighted by Gasteiger charge is 2.35. The molecule has 1 aromatic carbocycles. The van der Waals surface area contributed by atoms with Crippen molar-refractivity contribution in [1.82, 2.24) is 9.80 Å². The number of rotatable bonds is 3. The zero-order chi connectivity index (χ0) is 17.2. The third-order valence-corrected chi connectivity index (χ3v) is 4.17. The van der Waals surface area contributed by atoms with E-state index in [1.165, 1.54) is 17.0 Å². The molecule has 0 bridgehead atoms. The van der Waals surface area contributed by atoms with Crippen molar-refractivity contribution in [3.05, 3.63) is 39.9 Å². The average molecular weight is 321 g/mol. The van der Waals surface area contributed by atoms with Gasteiger partial charge >= 0.3 is 6.09 Å². The molecule has 1 aliphatic heterocycles. The van der Waals surface area contributed by atoms with E-state index in [1.807, 2.05) is 0 Å². The van der Waals surface area contributed by atoms with E-state index in [9.17, 15) is 19.7 Å². The first-order valence-electron chi connectivity index (χ1n) is 7.25. The molecule has 1 heterocycles. The van der Waals surface area contributed by atoms with E-state index in [-0.39, 0.29) is 24.7 Å². The first-order valence-corrected chi connectivity index (χ1v) is 7.25. The number of amides is 2. The lowest BCUT2D eigenvalue weighted by molar-refractivity contribution is -0.384. The summed E-state index contributed by atoms with van der Waals surface area (Å²) in [5.41, 5.74) is -0.165. The summed E-state index contributed by atoms with van der Waals surface area (Å²) in [6.45, 7) is 4.80. The normalized spacial score (nSPS) is 15.4. The first-order chi connectivity index (χ1) is 10.7. The van der Waals surface area contributed by atoms with Crippen LogP contribution in [0.2, 0.25) is 0 Å². The molecule has 0 atom stereocenters. The van der Waals surface area contributed by atoms with Crippen molar-refractivity contribution in [3.63, 3.8) is 0 Å². The van der Waals surface area contributed by atoms with Crippen LogP contribution in [0.1, 0.15) is 19.4 Å². The molecule has 0 saturated carbocycles. The van der Waals surface area contributed by atoms with Crippen LogP contribution in [-0.4, -0.2) is 58.0 Å². The largest absolute Gasteiger partial charge is 0.465 e. The van der Waals surface area contributed by atoms with Crippen LogP contribution in [0.4, 0.5) is 10.5 Å². The molecule has 0 aliphatic carbocycles. The Balaban J connectivity index is 2.11. The maximum atomic E-state index is 12.7. The molecular weight excluding hydrogens is 302 g/mol. The Bertz CT molecular complexity index is 619. The van der Waals surface area contributed by atoms with Gasteiger partial charge in [-0.3, -0.25) is 14.9 Å². The topological polar surface area (TPSA) is 104 Å². The van der Waals surface area contributed by atoms with E-state index in [1.54, 1.807) is 30.9 Å². The summed E-state index contributed by atoms with van der Waals surface area (Å²) in [6, 6.07) is 5.94. The lowest BCUT2D eigenvalue weighted by Gasteiger charge is -2.37. The molecule has 0 radical (unpaired) electrons. The molecule has 8 nitrogen and oxygen atoms in total. The van der Waals surface area contributed by atoms with E-state index >= 15 is 0 Å². The fourth-order valence-corrected chi connectivity index (χ4v) is 2.62. The van der Waals surface area contributed by atoms with Gasteiger partial charge in [0.1, 0.15) is 0 Å². The lowest BCUT2D eigenvalue weighted by Crippen LogP contribution is -2.54.